The van der Waals surface area contributed by atoms with Gasteiger partial charge in [0.15, 0.2) is 0 Å². The van der Waals surface area contributed by atoms with Gasteiger partial charge in [-0.2, -0.15) is 0 Å². The van der Waals surface area contributed by atoms with E-state index in [1.807, 2.05) is 58.0 Å². The highest BCUT2D eigenvalue weighted by molar-refractivity contribution is 5.96. The number of aryl methyl sites for hydroxylation is 1. The summed E-state index contributed by atoms with van der Waals surface area (Å²) in [5.41, 5.74) is 10.6. The summed E-state index contributed by atoms with van der Waals surface area (Å²) < 4.78 is 0. The number of nitrogens with two attached hydrogens (primary N) is 1. The number of pyridine rings is 1. The summed E-state index contributed by atoms with van der Waals surface area (Å²) in [7, 11) is 0. The van der Waals surface area contributed by atoms with Gasteiger partial charge in [-0.1, -0.05) is 32.9 Å². The number of benzene rings is 1. The zero-order valence-corrected chi connectivity index (χ0v) is 15.1. The van der Waals surface area contributed by atoms with Crippen LogP contribution >= 0.6 is 0 Å². The van der Waals surface area contributed by atoms with Crippen LogP contribution in [0.3, 0.4) is 0 Å². The van der Waals surface area contributed by atoms with Crippen molar-refractivity contribution in [2.75, 3.05) is 5.32 Å². The molecular formula is C20H24N4O. The van der Waals surface area contributed by atoms with Crippen LogP contribution < -0.4 is 11.1 Å². The second-order valence-corrected chi connectivity index (χ2v) is 7.48. The molecule has 2 heterocycles. The molecule has 0 aliphatic heterocycles. The molecule has 25 heavy (non-hydrogen) atoms. The zero-order valence-electron chi connectivity index (χ0n) is 15.1. The Hall–Kier alpha value is -2.66. The molecule has 3 rings (SSSR count). The summed E-state index contributed by atoms with van der Waals surface area (Å²) in [5, 5.41) is 3.98. The quantitative estimate of drug-likeness (QED) is 0.679. The van der Waals surface area contributed by atoms with E-state index < -0.39 is 6.04 Å². The molecule has 1 amide bonds. The lowest BCUT2D eigenvalue weighted by atomic mass is 9.87. The van der Waals surface area contributed by atoms with Crippen molar-refractivity contribution in [1.29, 1.82) is 0 Å². The summed E-state index contributed by atoms with van der Waals surface area (Å²) in [5.74, 6) is -0.173. The van der Waals surface area contributed by atoms with Gasteiger partial charge in [-0.25, -0.2) is 4.98 Å². The molecule has 1 aromatic carbocycles. The Morgan fingerprint density at radius 3 is 2.52 bits per heavy atom. The van der Waals surface area contributed by atoms with E-state index in [1.54, 1.807) is 6.20 Å². The van der Waals surface area contributed by atoms with Crippen LogP contribution in [0.4, 0.5) is 5.69 Å². The fraction of sp³-hybridized carbons (Fsp3) is 0.300. The average Bonchev–Trinajstić information content (AvgIpc) is 2.94. The zero-order chi connectivity index (χ0) is 18.2. The van der Waals surface area contributed by atoms with E-state index in [0.29, 0.717) is 0 Å². The molecule has 0 spiro atoms. The summed E-state index contributed by atoms with van der Waals surface area (Å²) >= 11 is 0. The summed E-state index contributed by atoms with van der Waals surface area (Å²) in [6, 6.07) is 11.3. The molecule has 0 unspecified atom stereocenters. The Morgan fingerprint density at radius 1 is 1.20 bits per heavy atom. The van der Waals surface area contributed by atoms with Crippen molar-refractivity contribution in [3.05, 3.63) is 48.3 Å². The minimum atomic E-state index is -0.560. The number of nitrogens with one attached hydrogen (secondary N) is 2. The molecule has 0 bridgehead atoms. The van der Waals surface area contributed by atoms with E-state index in [2.05, 4.69) is 21.4 Å². The first-order valence-electron chi connectivity index (χ1n) is 8.37. The molecule has 130 valence electrons. The van der Waals surface area contributed by atoms with Crippen LogP contribution in [0, 0.1) is 12.3 Å². The summed E-state index contributed by atoms with van der Waals surface area (Å²) in [6.07, 6.45) is 1.80. The van der Waals surface area contributed by atoms with E-state index in [4.69, 9.17) is 5.73 Å². The van der Waals surface area contributed by atoms with Crippen molar-refractivity contribution in [3.8, 4) is 11.1 Å². The number of anilines is 1. The predicted octanol–water partition coefficient (Wildman–Crippen LogP) is 3.85. The van der Waals surface area contributed by atoms with Gasteiger partial charge >= 0.3 is 0 Å². The number of hydrogen-bond acceptors (Lipinski definition) is 3. The van der Waals surface area contributed by atoms with Crippen molar-refractivity contribution in [1.82, 2.24) is 9.97 Å². The normalized spacial score (nSPS) is 13.0. The van der Waals surface area contributed by atoms with Gasteiger partial charge in [-0.3, -0.25) is 4.79 Å². The molecule has 0 fully saturated rings. The molecule has 2 aromatic heterocycles. The van der Waals surface area contributed by atoms with Crippen molar-refractivity contribution < 1.29 is 4.79 Å². The molecule has 0 aliphatic rings. The Balaban J connectivity index is 1.84. The molecule has 1 atom stereocenters. The number of aromatic nitrogens is 2. The Kier molecular flexibility index (Phi) is 4.35. The third-order valence-corrected chi connectivity index (χ3v) is 4.35. The van der Waals surface area contributed by atoms with Gasteiger partial charge in [-0.05, 0) is 47.7 Å². The number of amides is 1. The van der Waals surface area contributed by atoms with Crippen LogP contribution in [0.15, 0.2) is 42.6 Å². The monoisotopic (exact) mass is 336 g/mol. The highest BCUT2D eigenvalue weighted by Gasteiger charge is 2.27. The van der Waals surface area contributed by atoms with Gasteiger partial charge in [0.2, 0.25) is 5.91 Å². The lowest BCUT2D eigenvalue weighted by Gasteiger charge is -2.25. The molecule has 5 heteroatoms. The van der Waals surface area contributed by atoms with Crippen LogP contribution in [0.2, 0.25) is 0 Å². The highest BCUT2D eigenvalue weighted by Crippen LogP contribution is 2.29. The fourth-order valence-electron chi connectivity index (χ4n) is 2.76. The molecule has 0 saturated carbocycles. The molecule has 0 aliphatic carbocycles. The number of nitrogens with zero attached hydrogens (tertiary/aromatic N) is 1. The van der Waals surface area contributed by atoms with Crippen molar-refractivity contribution in [2.24, 2.45) is 11.1 Å². The minimum Gasteiger partial charge on any atom is -0.344 e. The third-order valence-electron chi connectivity index (χ3n) is 4.35. The van der Waals surface area contributed by atoms with Crippen LogP contribution in [-0.2, 0) is 4.79 Å². The van der Waals surface area contributed by atoms with Gasteiger partial charge in [0.25, 0.3) is 0 Å². The largest absolute Gasteiger partial charge is 0.344 e. The smallest absolute Gasteiger partial charge is 0.241 e. The second-order valence-electron chi connectivity index (χ2n) is 7.48. The van der Waals surface area contributed by atoms with Crippen molar-refractivity contribution in [2.45, 2.75) is 33.7 Å². The van der Waals surface area contributed by atoms with Crippen LogP contribution in [0.5, 0.6) is 0 Å². The van der Waals surface area contributed by atoms with Crippen LogP contribution in [0.1, 0.15) is 26.5 Å². The fourth-order valence-corrected chi connectivity index (χ4v) is 2.76. The maximum Gasteiger partial charge on any atom is 0.241 e. The van der Waals surface area contributed by atoms with E-state index in [9.17, 15) is 4.79 Å². The number of hydrogen-bond donors (Lipinski definition) is 3. The van der Waals surface area contributed by atoms with Gasteiger partial charge < -0.3 is 16.0 Å². The molecule has 5 nitrogen and oxygen atoms in total. The van der Waals surface area contributed by atoms with Crippen LogP contribution in [0.25, 0.3) is 22.2 Å². The first-order valence-corrected chi connectivity index (χ1v) is 8.37. The first-order chi connectivity index (χ1) is 11.8. The number of carbonyl (C=O) groups is 1. The third kappa shape index (κ3) is 3.56. The number of aromatic amines is 1. The predicted molar refractivity (Wildman–Crippen MR) is 102 cm³/mol. The number of rotatable bonds is 3. The number of fused-ring (bicyclic) bond motifs is 1. The molecule has 3 aromatic rings. The minimum absolute atomic E-state index is 0.173. The second kappa shape index (κ2) is 6.33. The van der Waals surface area contributed by atoms with Gasteiger partial charge in [-0.15, -0.1) is 0 Å². The topological polar surface area (TPSA) is 83.8 Å². The Morgan fingerprint density at radius 2 is 1.88 bits per heavy atom. The Labute approximate surface area is 147 Å². The van der Waals surface area contributed by atoms with E-state index in [1.165, 1.54) is 0 Å². The van der Waals surface area contributed by atoms with E-state index in [-0.39, 0.29) is 11.3 Å². The number of H-pyrrole nitrogens is 1. The van der Waals surface area contributed by atoms with Gasteiger partial charge in [0.05, 0.1) is 6.04 Å². The highest BCUT2D eigenvalue weighted by atomic mass is 16.2. The lowest BCUT2D eigenvalue weighted by Crippen LogP contribution is -2.45. The Bertz CT molecular complexity index is 904. The maximum absolute atomic E-state index is 12.2. The van der Waals surface area contributed by atoms with Crippen molar-refractivity contribution in [3.63, 3.8) is 0 Å². The first kappa shape index (κ1) is 17.2. The molecule has 0 saturated heterocycles. The number of carbonyl (C=O) groups excluding carboxylic acids is 1. The van der Waals surface area contributed by atoms with Gasteiger partial charge in [0, 0.05) is 23.0 Å². The maximum atomic E-state index is 12.2. The van der Waals surface area contributed by atoms with Crippen molar-refractivity contribution >= 4 is 22.6 Å². The van der Waals surface area contributed by atoms with E-state index >= 15 is 0 Å². The summed E-state index contributed by atoms with van der Waals surface area (Å²) in [6.45, 7) is 7.87. The van der Waals surface area contributed by atoms with E-state index in [0.717, 1.165) is 33.5 Å². The molecular weight excluding hydrogens is 312 g/mol. The SMILES string of the molecule is Cc1cc2c(-c3ccc(NC(=O)[C@H](N)C(C)(C)C)cc3)ccnc2[nH]1. The standard InChI is InChI=1S/C20H24N4O/c1-12-11-16-15(9-10-22-18(16)23-12)13-5-7-14(8-6-13)24-19(25)17(21)20(2,3)4/h5-11,17H,21H2,1-4H3,(H,22,23)(H,24,25)/t17-/m0/s1. The molecule has 0 radical (unpaired) electrons. The average molecular weight is 336 g/mol. The lowest BCUT2D eigenvalue weighted by molar-refractivity contribution is -0.119. The molecule has 4 N–H and O–H groups in total. The van der Waals surface area contributed by atoms with Gasteiger partial charge in [0.1, 0.15) is 5.65 Å². The van der Waals surface area contributed by atoms with Crippen LogP contribution in [-0.4, -0.2) is 21.9 Å². The summed E-state index contributed by atoms with van der Waals surface area (Å²) in [4.78, 5) is 19.9.